The molecule has 1 aromatic carbocycles. The van der Waals surface area contributed by atoms with E-state index < -0.39 is 0 Å². The molecule has 0 radical (unpaired) electrons. The van der Waals surface area contributed by atoms with E-state index in [4.69, 9.17) is 11.6 Å². The summed E-state index contributed by atoms with van der Waals surface area (Å²) < 4.78 is 0. The van der Waals surface area contributed by atoms with Crippen LogP contribution in [0.3, 0.4) is 0 Å². The Morgan fingerprint density at radius 3 is 2.65 bits per heavy atom. The van der Waals surface area contributed by atoms with Gasteiger partial charge < -0.3 is 10.6 Å². The van der Waals surface area contributed by atoms with Crippen molar-refractivity contribution < 1.29 is 4.79 Å². The van der Waals surface area contributed by atoms with Crippen molar-refractivity contribution in [3.05, 3.63) is 64.9 Å². The van der Waals surface area contributed by atoms with E-state index in [2.05, 4.69) is 15.6 Å². The summed E-state index contributed by atoms with van der Waals surface area (Å²) in [6, 6.07) is 10.8. The first kappa shape index (κ1) is 14.3. The van der Waals surface area contributed by atoms with Crippen LogP contribution in [-0.2, 0) is 6.54 Å². The summed E-state index contributed by atoms with van der Waals surface area (Å²) in [7, 11) is 0. The van der Waals surface area contributed by atoms with Gasteiger partial charge in [-0.05, 0) is 36.2 Å². The van der Waals surface area contributed by atoms with Crippen molar-refractivity contribution in [2.75, 3.05) is 0 Å². The smallest absolute Gasteiger partial charge is 0.315 e. The Balaban J connectivity index is 1.87. The highest BCUT2D eigenvalue weighted by molar-refractivity contribution is 6.31. The van der Waals surface area contributed by atoms with E-state index in [-0.39, 0.29) is 12.1 Å². The summed E-state index contributed by atoms with van der Waals surface area (Å²) >= 11 is 6.10. The number of hydrogen-bond acceptors (Lipinski definition) is 2. The van der Waals surface area contributed by atoms with Crippen molar-refractivity contribution in [3.8, 4) is 0 Å². The highest BCUT2D eigenvalue weighted by Crippen LogP contribution is 2.21. The topological polar surface area (TPSA) is 54.0 Å². The number of carbonyl (C=O) groups is 1. The maximum atomic E-state index is 11.8. The van der Waals surface area contributed by atoms with Crippen LogP contribution in [-0.4, -0.2) is 11.0 Å². The lowest BCUT2D eigenvalue weighted by Crippen LogP contribution is -2.36. The van der Waals surface area contributed by atoms with Gasteiger partial charge in [0.1, 0.15) is 0 Å². The van der Waals surface area contributed by atoms with Gasteiger partial charge in [0.2, 0.25) is 0 Å². The highest BCUT2D eigenvalue weighted by Gasteiger charge is 2.11. The van der Waals surface area contributed by atoms with E-state index in [1.54, 1.807) is 12.4 Å². The largest absolute Gasteiger partial charge is 0.334 e. The molecule has 0 fully saturated rings. The number of nitrogens with one attached hydrogen (secondary N) is 2. The first-order chi connectivity index (χ1) is 9.66. The van der Waals surface area contributed by atoms with E-state index in [0.717, 1.165) is 11.1 Å². The number of aromatic nitrogens is 1. The van der Waals surface area contributed by atoms with E-state index in [1.165, 1.54) is 0 Å². The molecule has 0 spiro atoms. The number of nitrogens with zero attached hydrogens (tertiary/aromatic N) is 1. The Morgan fingerprint density at radius 2 is 1.95 bits per heavy atom. The zero-order chi connectivity index (χ0) is 14.4. The van der Waals surface area contributed by atoms with Crippen LogP contribution >= 0.6 is 11.6 Å². The summed E-state index contributed by atoms with van der Waals surface area (Å²) in [6.45, 7) is 2.36. The predicted octanol–water partition coefficient (Wildman–Crippen LogP) is 3.30. The molecule has 104 valence electrons. The summed E-state index contributed by atoms with van der Waals surface area (Å²) in [5.41, 5.74) is 1.90. The van der Waals surface area contributed by atoms with Crippen LogP contribution in [0.4, 0.5) is 4.79 Å². The van der Waals surface area contributed by atoms with E-state index >= 15 is 0 Å². The molecule has 5 heteroatoms. The van der Waals surface area contributed by atoms with Gasteiger partial charge in [0.05, 0.1) is 6.04 Å². The third-order valence-corrected chi connectivity index (χ3v) is 3.27. The minimum absolute atomic E-state index is 0.152. The summed E-state index contributed by atoms with van der Waals surface area (Å²) in [5.74, 6) is 0. The zero-order valence-corrected chi connectivity index (χ0v) is 11.9. The molecule has 0 aliphatic carbocycles. The lowest BCUT2D eigenvalue weighted by atomic mass is 10.1. The molecule has 0 aliphatic rings. The first-order valence-corrected chi connectivity index (χ1v) is 6.72. The second kappa shape index (κ2) is 6.91. The van der Waals surface area contributed by atoms with Gasteiger partial charge in [-0.25, -0.2) is 4.79 Å². The van der Waals surface area contributed by atoms with Crippen molar-refractivity contribution in [1.29, 1.82) is 0 Å². The molecule has 0 aliphatic heterocycles. The van der Waals surface area contributed by atoms with Crippen molar-refractivity contribution in [2.45, 2.75) is 19.5 Å². The molecule has 20 heavy (non-hydrogen) atoms. The van der Waals surface area contributed by atoms with Gasteiger partial charge >= 0.3 is 6.03 Å². The van der Waals surface area contributed by atoms with Crippen LogP contribution in [0.25, 0.3) is 0 Å². The number of benzene rings is 1. The number of carbonyl (C=O) groups excluding carboxylic acids is 1. The maximum Gasteiger partial charge on any atom is 0.315 e. The Hall–Kier alpha value is -2.07. The molecule has 2 rings (SSSR count). The summed E-state index contributed by atoms with van der Waals surface area (Å²) in [6.07, 6.45) is 3.39. The van der Waals surface area contributed by atoms with Gasteiger partial charge in [0, 0.05) is 24.0 Å². The van der Waals surface area contributed by atoms with Gasteiger partial charge in [-0.2, -0.15) is 0 Å². The lowest BCUT2D eigenvalue weighted by Gasteiger charge is -2.16. The van der Waals surface area contributed by atoms with Crippen LogP contribution in [0.15, 0.2) is 48.8 Å². The Morgan fingerprint density at radius 1 is 1.25 bits per heavy atom. The number of halogens is 1. The summed E-state index contributed by atoms with van der Waals surface area (Å²) in [5, 5.41) is 6.30. The Labute approximate surface area is 123 Å². The average molecular weight is 290 g/mol. The predicted molar refractivity (Wildman–Crippen MR) is 79.5 cm³/mol. The molecule has 1 atom stereocenters. The average Bonchev–Trinajstić information content (AvgIpc) is 2.46. The lowest BCUT2D eigenvalue weighted by molar-refractivity contribution is 0.237. The fourth-order valence-corrected chi connectivity index (χ4v) is 2.13. The number of rotatable bonds is 4. The monoisotopic (exact) mass is 289 g/mol. The third-order valence-electron chi connectivity index (χ3n) is 2.92. The third kappa shape index (κ3) is 3.96. The number of pyridine rings is 1. The Bertz CT molecular complexity index is 574. The van der Waals surface area contributed by atoms with Crippen LogP contribution in [0, 0.1) is 0 Å². The molecule has 1 heterocycles. The van der Waals surface area contributed by atoms with Gasteiger partial charge in [-0.3, -0.25) is 4.98 Å². The number of urea groups is 1. The number of hydrogen-bond donors (Lipinski definition) is 2. The standard InChI is InChI=1S/C15H16ClN3O/c1-11(13-4-2-3-5-14(13)16)19-15(20)18-10-12-6-8-17-9-7-12/h2-9,11H,10H2,1H3,(H2,18,19,20). The highest BCUT2D eigenvalue weighted by atomic mass is 35.5. The van der Waals surface area contributed by atoms with Gasteiger partial charge in [-0.1, -0.05) is 29.8 Å². The van der Waals surface area contributed by atoms with E-state index in [1.807, 2.05) is 43.3 Å². The van der Waals surface area contributed by atoms with Crippen LogP contribution in [0.2, 0.25) is 5.02 Å². The van der Waals surface area contributed by atoms with E-state index in [9.17, 15) is 4.79 Å². The van der Waals surface area contributed by atoms with E-state index in [0.29, 0.717) is 11.6 Å². The summed E-state index contributed by atoms with van der Waals surface area (Å²) in [4.78, 5) is 15.8. The molecule has 0 bridgehead atoms. The molecule has 1 unspecified atom stereocenters. The molecule has 1 aromatic heterocycles. The maximum absolute atomic E-state index is 11.8. The van der Waals surface area contributed by atoms with Crippen LogP contribution < -0.4 is 10.6 Å². The molecular formula is C15H16ClN3O. The van der Waals surface area contributed by atoms with Gasteiger partial charge in [0.25, 0.3) is 0 Å². The number of amides is 2. The van der Waals surface area contributed by atoms with Crippen molar-refractivity contribution >= 4 is 17.6 Å². The van der Waals surface area contributed by atoms with Crippen LogP contribution in [0.1, 0.15) is 24.1 Å². The molecule has 0 saturated heterocycles. The minimum atomic E-state index is -0.228. The van der Waals surface area contributed by atoms with Crippen molar-refractivity contribution in [1.82, 2.24) is 15.6 Å². The first-order valence-electron chi connectivity index (χ1n) is 6.34. The fraction of sp³-hybridized carbons (Fsp3) is 0.200. The van der Waals surface area contributed by atoms with Crippen molar-refractivity contribution in [2.24, 2.45) is 0 Å². The molecule has 2 aromatic rings. The van der Waals surface area contributed by atoms with Gasteiger partial charge in [0.15, 0.2) is 0 Å². The van der Waals surface area contributed by atoms with Gasteiger partial charge in [-0.15, -0.1) is 0 Å². The van der Waals surface area contributed by atoms with Crippen molar-refractivity contribution in [3.63, 3.8) is 0 Å². The second-order valence-corrected chi connectivity index (χ2v) is 4.83. The quantitative estimate of drug-likeness (QED) is 0.907. The fourth-order valence-electron chi connectivity index (χ4n) is 1.83. The normalized spacial score (nSPS) is 11.7. The Kier molecular flexibility index (Phi) is 4.96. The molecule has 0 saturated carbocycles. The second-order valence-electron chi connectivity index (χ2n) is 4.43. The molecule has 4 nitrogen and oxygen atoms in total. The minimum Gasteiger partial charge on any atom is -0.334 e. The van der Waals surface area contributed by atoms with Crippen LogP contribution in [0.5, 0.6) is 0 Å². The SMILES string of the molecule is CC(NC(=O)NCc1ccncc1)c1ccccc1Cl. The zero-order valence-electron chi connectivity index (χ0n) is 11.1. The molecule has 2 amide bonds. The molecular weight excluding hydrogens is 274 g/mol. The molecule has 2 N–H and O–H groups in total.